The second-order valence-corrected chi connectivity index (χ2v) is 5.99. The smallest absolute Gasteiger partial charge is 0.192 e. The van der Waals surface area contributed by atoms with Crippen molar-refractivity contribution in [3.63, 3.8) is 0 Å². The molecule has 1 aromatic carbocycles. The van der Waals surface area contributed by atoms with Crippen molar-refractivity contribution in [1.29, 1.82) is 5.26 Å². The van der Waals surface area contributed by atoms with Gasteiger partial charge >= 0.3 is 0 Å². The van der Waals surface area contributed by atoms with Crippen LogP contribution in [0.25, 0.3) is 10.9 Å². The molecule has 114 valence electrons. The molecule has 0 atom stereocenters. The van der Waals surface area contributed by atoms with Gasteiger partial charge < -0.3 is 9.88 Å². The van der Waals surface area contributed by atoms with Crippen LogP contribution in [0.2, 0.25) is 0 Å². The normalized spacial score (nSPS) is 15.0. The Bertz CT molecular complexity index is 779. The van der Waals surface area contributed by atoms with E-state index in [0.29, 0.717) is 12.8 Å². The number of H-pyrrole nitrogens is 1. The number of hydrogen-bond donors (Lipinski definition) is 1. The van der Waals surface area contributed by atoms with Gasteiger partial charge in [0.05, 0.1) is 6.07 Å². The van der Waals surface area contributed by atoms with Crippen molar-refractivity contribution < 1.29 is 0 Å². The number of nitrogens with one attached hydrogen (secondary N) is 1. The highest BCUT2D eigenvalue weighted by atomic mass is 16.1. The van der Waals surface area contributed by atoms with E-state index in [1.807, 2.05) is 19.1 Å². The van der Waals surface area contributed by atoms with Crippen LogP contribution in [0, 0.1) is 18.3 Å². The van der Waals surface area contributed by atoms with Gasteiger partial charge in [-0.05, 0) is 50.8 Å². The Hall–Kier alpha value is -2.28. The van der Waals surface area contributed by atoms with Gasteiger partial charge in [-0.25, -0.2) is 0 Å². The highest BCUT2D eigenvalue weighted by Gasteiger charge is 2.14. The van der Waals surface area contributed by atoms with E-state index < -0.39 is 0 Å². The fourth-order valence-electron chi connectivity index (χ4n) is 3.27. The molecular formula is C18H21N3O. The van der Waals surface area contributed by atoms with E-state index in [-0.39, 0.29) is 5.43 Å². The number of nitrogens with zero attached hydrogens (tertiary/aromatic N) is 2. The molecule has 0 bridgehead atoms. The molecule has 2 aromatic rings. The molecule has 2 heterocycles. The molecule has 22 heavy (non-hydrogen) atoms. The van der Waals surface area contributed by atoms with Gasteiger partial charge in [-0.3, -0.25) is 4.79 Å². The van der Waals surface area contributed by atoms with Crippen molar-refractivity contribution in [3.05, 3.63) is 39.7 Å². The van der Waals surface area contributed by atoms with E-state index in [1.165, 1.54) is 19.3 Å². The van der Waals surface area contributed by atoms with Crippen molar-refractivity contribution in [2.75, 3.05) is 18.0 Å². The largest absolute Gasteiger partial charge is 0.372 e. The molecule has 1 aliphatic heterocycles. The van der Waals surface area contributed by atoms with Gasteiger partial charge in [0.15, 0.2) is 5.43 Å². The van der Waals surface area contributed by atoms with Gasteiger partial charge in [0.2, 0.25) is 0 Å². The zero-order valence-electron chi connectivity index (χ0n) is 13.0. The van der Waals surface area contributed by atoms with Gasteiger partial charge in [0.1, 0.15) is 0 Å². The third-order valence-corrected chi connectivity index (χ3v) is 4.50. The number of hydrogen-bond acceptors (Lipinski definition) is 3. The summed E-state index contributed by atoms with van der Waals surface area (Å²) in [5.74, 6) is 0. The molecule has 3 rings (SSSR count). The van der Waals surface area contributed by atoms with Crippen LogP contribution < -0.4 is 10.3 Å². The Morgan fingerprint density at radius 1 is 1.27 bits per heavy atom. The summed E-state index contributed by atoms with van der Waals surface area (Å²) in [6, 6.07) is 8.23. The lowest BCUT2D eigenvalue weighted by atomic mass is 10.0. The van der Waals surface area contributed by atoms with Crippen molar-refractivity contribution in [2.24, 2.45) is 0 Å². The number of pyridine rings is 1. The molecule has 0 unspecified atom stereocenters. The Labute approximate surface area is 130 Å². The van der Waals surface area contributed by atoms with E-state index in [2.05, 4.69) is 22.0 Å². The van der Waals surface area contributed by atoms with Crippen LogP contribution >= 0.6 is 0 Å². The minimum Gasteiger partial charge on any atom is -0.372 e. The van der Waals surface area contributed by atoms with Crippen LogP contribution in [0.3, 0.4) is 0 Å². The number of aromatic nitrogens is 1. The maximum Gasteiger partial charge on any atom is 0.192 e. The number of piperidine rings is 1. The van der Waals surface area contributed by atoms with Crippen molar-refractivity contribution in [2.45, 2.75) is 39.0 Å². The summed E-state index contributed by atoms with van der Waals surface area (Å²) in [7, 11) is 0. The maximum absolute atomic E-state index is 12.7. The first-order valence-corrected chi connectivity index (χ1v) is 7.98. The highest BCUT2D eigenvalue weighted by Crippen LogP contribution is 2.23. The van der Waals surface area contributed by atoms with E-state index in [1.54, 1.807) is 0 Å². The van der Waals surface area contributed by atoms with Gasteiger partial charge in [0.25, 0.3) is 0 Å². The van der Waals surface area contributed by atoms with Gasteiger partial charge in [0, 0.05) is 47.4 Å². The first-order valence-electron chi connectivity index (χ1n) is 7.98. The van der Waals surface area contributed by atoms with Gasteiger partial charge in [-0.1, -0.05) is 0 Å². The predicted octanol–water partition coefficient (Wildman–Crippen LogP) is 3.28. The SMILES string of the molecule is Cc1[nH]c2ccc(N3CCCCC3)cc2c(=O)c1CCC#N. The quantitative estimate of drug-likeness (QED) is 0.945. The van der Waals surface area contributed by atoms with Crippen molar-refractivity contribution in [1.82, 2.24) is 4.98 Å². The number of benzene rings is 1. The third-order valence-electron chi connectivity index (χ3n) is 4.50. The molecule has 1 aromatic heterocycles. The molecule has 1 saturated heterocycles. The molecule has 4 nitrogen and oxygen atoms in total. The van der Waals surface area contributed by atoms with E-state index in [9.17, 15) is 4.79 Å². The lowest BCUT2D eigenvalue weighted by Crippen LogP contribution is -2.29. The standard InChI is InChI=1S/C18H21N3O/c1-13-15(6-5-9-19)18(22)16-12-14(7-8-17(16)20-13)21-10-3-2-4-11-21/h7-8,12H,2-6,10-11H2,1H3,(H,20,22). The Morgan fingerprint density at radius 2 is 2.05 bits per heavy atom. The summed E-state index contributed by atoms with van der Waals surface area (Å²) in [5.41, 5.74) is 3.69. The van der Waals surface area contributed by atoms with Crippen molar-refractivity contribution in [3.8, 4) is 6.07 Å². The van der Waals surface area contributed by atoms with Crippen LogP contribution in [0.15, 0.2) is 23.0 Å². The summed E-state index contributed by atoms with van der Waals surface area (Å²) < 4.78 is 0. The minimum atomic E-state index is 0.0698. The molecule has 4 heteroatoms. The molecule has 0 spiro atoms. The number of anilines is 1. The monoisotopic (exact) mass is 295 g/mol. The summed E-state index contributed by atoms with van der Waals surface area (Å²) >= 11 is 0. The topological polar surface area (TPSA) is 59.9 Å². The first-order chi connectivity index (χ1) is 10.7. The summed E-state index contributed by atoms with van der Waals surface area (Å²) in [5, 5.41) is 9.51. The summed E-state index contributed by atoms with van der Waals surface area (Å²) in [6.45, 7) is 4.04. The molecular weight excluding hydrogens is 274 g/mol. The molecule has 1 aliphatic rings. The molecule has 0 amide bonds. The second kappa shape index (κ2) is 6.23. The predicted molar refractivity (Wildman–Crippen MR) is 89.3 cm³/mol. The molecule has 1 N–H and O–H groups in total. The van der Waals surface area contributed by atoms with Crippen LogP contribution in [0.1, 0.15) is 36.9 Å². The summed E-state index contributed by atoms with van der Waals surface area (Å²) in [6.07, 6.45) is 4.62. The lowest BCUT2D eigenvalue weighted by molar-refractivity contribution is 0.578. The maximum atomic E-state index is 12.7. The lowest BCUT2D eigenvalue weighted by Gasteiger charge is -2.29. The Kier molecular flexibility index (Phi) is 4.15. The molecule has 0 saturated carbocycles. The average Bonchev–Trinajstić information content (AvgIpc) is 2.55. The minimum absolute atomic E-state index is 0.0698. The Balaban J connectivity index is 2.06. The van der Waals surface area contributed by atoms with Crippen LogP contribution in [-0.4, -0.2) is 18.1 Å². The zero-order valence-corrected chi connectivity index (χ0v) is 13.0. The van der Waals surface area contributed by atoms with E-state index in [4.69, 9.17) is 5.26 Å². The van der Waals surface area contributed by atoms with Gasteiger partial charge in [-0.2, -0.15) is 5.26 Å². The average molecular weight is 295 g/mol. The Morgan fingerprint density at radius 3 is 2.77 bits per heavy atom. The number of fused-ring (bicyclic) bond motifs is 1. The molecule has 1 fully saturated rings. The van der Waals surface area contributed by atoms with Gasteiger partial charge in [-0.15, -0.1) is 0 Å². The second-order valence-electron chi connectivity index (χ2n) is 5.99. The van der Waals surface area contributed by atoms with Crippen LogP contribution in [-0.2, 0) is 6.42 Å². The van der Waals surface area contributed by atoms with Crippen molar-refractivity contribution >= 4 is 16.6 Å². The zero-order chi connectivity index (χ0) is 15.5. The third kappa shape index (κ3) is 2.71. The fraction of sp³-hybridized carbons (Fsp3) is 0.444. The number of aromatic amines is 1. The first kappa shape index (κ1) is 14.6. The molecule has 0 aliphatic carbocycles. The van der Waals surface area contributed by atoms with Crippen LogP contribution in [0.4, 0.5) is 5.69 Å². The molecule has 0 radical (unpaired) electrons. The number of rotatable bonds is 3. The summed E-state index contributed by atoms with van der Waals surface area (Å²) in [4.78, 5) is 18.4. The van der Waals surface area contributed by atoms with E-state index >= 15 is 0 Å². The van der Waals surface area contributed by atoms with E-state index in [0.717, 1.165) is 40.9 Å². The number of aryl methyl sites for hydroxylation is 1. The highest BCUT2D eigenvalue weighted by molar-refractivity contribution is 5.83. The fourth-order valence-corrected chi connectivity index (χ4v) is 3.27. The van der Waals surface area contributed by atoms with Crippen LogP contribution in [0.5, 0.6) is 0 Å². The number of nitriles is 1.